The molecule has 1 amide bonds. The van der Waals surface area contributed by atoms with E-state index in [-0.39, 0.29) is 12.0 Å². The number of hydrogen-bond acceptors (Lipinski definition) is 3. The average molecular weight is 283 g/mol. The molecule has 5 heteroatoms. The highest BCUT2D eigenvalue weighted by Gasteiger charge is 2.23. The quantitative estimate of drug-likeness (QED) is 0.910. The number of hydrogen-bond donors (Lipinski definition) is 1. The molecule has 4 nitrogen and oxygen atoms in total. The van der Waals surface area contributed by atoms with Crippen LogP contribution in [0.1, 0.15) is 12.0 Å². The molecule has 0 radical (unpaired) electrons. The minimum Gasteiger partial charge on any atom is -0.374 e. The lowest BCUT2D eigenvalue weighted by Gasteiger charge is -2.33. The molecule has 1 fully saturated rings. The molecule has 1 aromatic carbocycles. The molecular weight excluding hydrogens is 264 g/mol. The van der Waals surface area contributed by atoms with Crippen LogP contribution in [0.15, 0.2) is 24.3 Å². The zero-order chi connectivity index (χ0) is 13.7. The third kappa shape index (κ3) is 4.20. The monoisotopic (exact) mass is 282 g/mol. The number of nitrogens with two attached hydrogens (primary N) is 1. The minimum atomic E-state index is 0.0714. The lowest BCUT2D eigenvalue weighted by Crippen LogP contribution is -2.46. The number of carbonyl (C=O) groups excluding carboxylic acids is 1. The number of morpholine rings is 1. The van der Waals surface area contributed by atoms with Crippen LogP contribution < -0.4 is 5.73 Å². The van der Waals surface area contributed by atoms with E-state index < -0.39 is 0 Å². The molecule has 0 aromatic heterocycles. The smallest absolute Gasteiger partial charge is 0.227 e. The number of rotatable bonds is 4. The van der Waals surface area contributed by atoms with E-state index in [9.17, 15) is 4.79 Å². The second kappa shape index (κ2) is 6.89. The van der Waals surface area contributed by atoms with Crippen LogP contribution in [0.4, 0.5) is 0 Å². The van der Waals surface area contributed by atoms with Gasteiger partial charge in [-0.15, -0.1) is 0 Å². The van der Waals surface area contributed by atoms with Gasteiger partial charge in [-0.3, -0.25) is 4.79 Å². The molecule has 0 saturated carbocycles. The zero-order valence-electron chi connectivity index (χ0n) is 10.8. The second-order valence-electron chi connectivity index (χ2n) is 4.72. The van der Waals surface area contributed by atoms with Crippen molar-refractivity contribution in [3.63, 3.8) is 0 Å². The summed E-state index contributed by atoms with van der Waals surface area (Å²) in [6, 6.07) is 7.42. The maximum Gasteiger partial charge on any atom is 0.227 e. The fourth-order valence-corrected chi connectivity index (χ4v) is 2.45. The molecule has 1 aliphatic rings. The van der Waals surface area contributed by atoms with Gasteiger partial charge in [-0.25, -0.2) is 0 Å². The van der Waals surface area contributed by atoms with E-state index in [2.05, 4.69) is 0 Å². The number of amides is 1. The third-order valence-electron chi connectivity index (χ3n) is 3.22. The van der Waals surface area contributed by atoms with Crippen molar-refractivity contribution in [2.75, 3.05) is 26.2 Å². The summed E-state index contributed by atoms with van der Waals surface area (Å²) in [5, 5.41) is 0.660. The van der Waals surface area contributed by atoms with Crippen LogP contribution in [-0.2, 0) is 16.0 Å². The van der Waals surface area contributed by atoms with Gasteiger partial charge in [0.05, 0.1) is 19.1 Å². The molecule has 2 N–H and O–H groups in total. The number of carbonyl (C=O) groups is 1. The first-order valence-corrected chi connectivity index (χ1v) is 6.90. The van der Waals surface area contributed by atoms with Crippen LogP contribution in [0, 0.1) is 0 Å². The summed E-state index contributed by atoms with van der Waals surface area (Å²) in [7, 11) is 0. The Balaban J connectivity index is 1.92. The summed E-state index contributed by atoms with van der Waals surface area (Å²) >= 11 is 5.92. The topological polar surface area (TPSA) is 55.6 Å². The summed E-state index contributed by atoms with van der Waals surface area (Å²) < 4.78 is 5.57. The third-order valence-corrected chi connectivity index (χ3v) is 3.46. The first kappa shape index (κ1) is 14.3. The minimum absolute atomic E-state index is 0.0714. The molecule has 0 aliphatic carbocycles. The lowest BCUT2D eigenvalue weighted by molar-refractivity contribution is -0.138. The van der Waals surface area contributed by atoms with Crippen molar-refractivity contribution in [1.82, 2.24) is 4.90 Å². The number of benzene rings is 1. The Labute approximate surface area is 118 Å². The van der Waals surface area contributed by atoms with E-state index >= 15 is 0 Å². The van der Waals surface area contributed by atoms with Crippen LogP contribution >= 0.6 is 11.6 Å². The Hall–Kier alpha value is -1.10. The van der Waals surface area contributed by atoms with Crippen LogP contribution in [0.25, 0.3) is 0 Å². The predicted octanol–water partition coefficient (Wildman–Crippen LogP) is 1.46. The molecule has 2 rings (SSSR count). The van der Waals surface area contributed by atoms with Crippen LogP contribution in [0.2, 0.25) is 5.02 Å². The van der Waals surface area contributed by atoms with E-state index in [1.54, 1.807) is 0 Å². The van der Waals surface area contributed by atoms with E-state index in [1.165, 1.54) is 0 Å². The first-order valence-electron chi connectivity index (χ1n) is 6.53. The molecule has 104 valence electrons. The van der Waals surface area contributed by atoms with Gasteiger partial charge in [-0.05, 0) is 30.7 Å². The van der Waals surface area contributed by atoms with E-state index in [0.717, 1.165) is 12.0 Å². The van der Waals surface area contributed by atoms with Gasteiger partial charge in [0.2, 0.25) is 5.91 Å². The Bertz CT molecular complexity index is 437. The Kier molecular flexibility index (Phi) is 5.19. The average Bonchev–Trinajstić information content (AvgIpc) is 2.39. The fraction of sp³-hybridized carbons (Fsp3) is 0.500. The molecule has 1 aromatic rings. The van der Waals surface area contributed by atoms with Gasteiger partial charge in [0.1, 0.15) is 0 Å². The highest BCUT2D eigenvalue weighted by atomic mass is 35.5. The molecule has 0 bridgehead atoms. The number of nitrogens with zero attached hydrogens (tertiary/aromatic N) is 1. The molecule has 1 heterocycles. The summed E-state index contributed by atoms with van der Waals surface area (Å²) in [5.74, 6) is 0.118. The molecular formula is C14H19ClN2O2. The fourth-order valence-electron chi connectivity index (χ4n) is 2.24. The van der Waals surface area contributed by atoms with Crippen molar-refractivity contribution in [2.24, 2.45) is 5.73 Å². The van der Waals surface area contributed by atoms with Crippen molar-refractivity contribution >= 4 is 17.5 Å². The Morgan fingerprint density at radius 1 is 1.53 bits per heavy atom. The molecule has 1 atom stereocenters. The van der Waals surface area contributed by atoms with E-state index in [4.69, 9.17) is 22.1 Å². The van der Waals surface area contributed by atoms with Gasteiger partial charge in [-0.2, -0.15) is 0 Å². The molecule has 1 saturated heterocycles. The van der Waals surface area contributed by atoms with Gasteiger partial charge in [0, 0.05) is 18.1 Å². The van der Waals surface area contributed by atoms with Crippen molar-refractivity contribution < 1.29 is 9.53 Å². The molecule has 1 aliphatic heterocycles. The number of halogens is 1. The number of ether oxygens (including phenoxy) is 1. The lowest BCUT2D eigenvalue weighted by atomic mass is 10.1. The highest BCUT2D eigenvalue weighted by molar-refractivity contribution is 6.30. The van der Waals surface area contributed by atoms with Gasteiger partial charge < -0.3 is 15.4 Å². The normalized spacial score (nSPS) is 19.5. The molecule has 0 spiro atoms. The summed E-state index contributed by atoms with van der Waals surface area (Å²) in [5.41, 5.74) is 6.47. The molecule has 19 heavy (non-hydrogen) atoms. The largest absolute Gasteiger partial charge is 0.374 e. The van der Waals surface area contributed by atoms with Crippen LogP contribution in [-0.4, -0.2) is 43.2 Å². The standard InChI is InChI=1S/C14H19ClN2O2/c15-12-3-1-2-11(8-12)9-14(18)17-6-7-19-13(10-17)4-5-16/h1-3,8,13H,4-7,9-10,16H2. The van der Waals surface area contributed by atoms with E-state index in [0.29, 0.717) is 37.7 Å². The SMILES string of the molecule is NCCC1CN(C(=O)Cc2cccc(Cl)c2)CCO1. The second-order valence-corrected chi connectivity index (χ2v) is 5.15. The highest BCUT2D eigenvalue weighted by Crippen LogP contribution is 2.14. The molecule has 1 unspecified atom stereocenters. The van der Waals surface area contributed by atoms with Crippen molar-refractivity contribution in [2.45, 2.75) is 18.9 Å². The van der Waals surface area contributed by atoms with Gasteiger partial charge in [0.15, 0.2) is 0 Å². The maximum absolute atomic E-state index is 12.2. The van der Waals surface area contributed by atoms with E-state index in [1.807, 2.05) is 29.2 Å². The van der Waals surface area contributed by atoms with Crippen LogP contribution in [0.5, 0.6) is 0 Å². The summed E-state index contributed by atoms with van der Waals surface area (Å²) in [4.78, 5) is 14.1. The van der Waals surface area contributed by atoms with Gasteiger partial charge in [-0.1, -0.05) is 23.7 Å². The zero-order valence-corrected chi connectivity index (χ0v) is 11.6. The van der Waals surface area contributed by atoms with Gasteiger partial charge >= 0.3 is 0 Å². The first-order chi connectivity index (χ1) is 9.19. The summed E-state index contributed by atoms with van der Waals surface area (Å²) in [6.07, 6.45) is 1.25. The maximum atomic E-state index is 12.2. The van der Waals surface area contributed by atoms with Crippen molar-refractivity contribution in [3.8, 4) is 0 Å². The summed E-state index contributed by atoms with van der Waals surface area (Å²) in [6.45, 7) is 2.46. The Morgan fingerprint density at radius 2 is 2.37 bits per heavy atom. The van der Waals surface area contributed by atoms with Crippen molar-refractivity contribution in [3.05, 3.63) is 34.9 Å². The van der Waals surface area contributed by atoms with Crippen LogP contribution in [0.3, 0.4) is 0 Å². The van der Waals surface area contributed by atoms with Crippen molar-refractivity contribution in [1.29, 1.82) is 0 Å². The van der Waals surface area contributed by atoms with Gasteiger partial charge in [0.25, 0.3) is 0 Å². The Morgan fingerprint density at radius 3 is 3.11 bits per heavy atom. The predicted molar refractivity (Wildman–Crippen MR) is 75.1 cm³/mol.